The third kappa shape index (κ3) is 2.55. The maximum Gasteiger partial charge on any atom is 0.111 e. The standard InChI is InChI=1S/C8H9N3.C3H8/c1-6-3-7-8(9-4-6)5-11(2)10-7;1-3-2/h3-5H,1-2H3;3H2,1-2H3. The molecule has 0 saturated carbocycles. The monoisotopic (exact) mass is 191 g/mol. The van der Waals surface area contributed by atoms with Crippen molar-refractivity contribution in [1.82, 2.24) is 14.8 Å². The van der Waals surface area contributed by atoms with Crippen LogP contribution in [0.25, 0.3) is 11.0 Å². The molecule has 0 aromatic carbocycles. The fourth-order valence-corrected chi connectivity index (χ4v) is 1.12. The van der Waals surface area contributed by atoms with Crippen LogP contribution in [0, 0.1) is 6.92 Å². The quantitative estimate of drug-likeness (QED) is 0.641. The Morgan fingerprint density at radius 2 is 1.93 bits per heavy atom. The fraction of sp³-hybridized carbons (Fsp3) is 0.455. The Morgan fingerprint density at radius 1 is 1.29 bits per heavy atom. The zero-order valence-corrected chi connectivity index (χ0v) is 9.28. The molecular weight excluding hydrogens is 174 g/mol. The number of aryl methyl sites for hydroxylation is 2. The molecule has 0 radical (unpaired) electrons. The molecule has 14 heavy (non-hydrogen) atoms. The van der Waals surface area contributed by atoms with Crippen molar-refractivity contribution in [1.29, 1.82) is 0 Å². The highest BCUT2D eigenvalue weighted by molar-refractivity contribution is 5.73. The van der Waals surface area contributed by atoms with E-state index in [4.69, 9.17) is 0 Å². The minimum absolute atomic E-state index is 0.957. The van der Waals surface area contributed by atoms with Crippen molar-refractivity contribution >= 4 is 11.0 Å². The van der Waals surface area contributed by atoms with Crippen LogP contribution in [0.2, 0.25) is 0 Å². The lowest BCUT2D eigenvalue weighted by Crippen LogP contribution is -1.84. The second kappa shape index (κ2) is 4.74. The summed E-state index contributed by atoms with van der Waals surface area (Å²) < 4.78 is 1.77. The Morgan fingerprint density at radius 3 is 2.57 bits per heavy atom. The first-order valence-corrected chi connectivity index (χ1v) is 4.93. The van der Waals surface area contributed by atoms with Crippen molar-refractivity contribution in [2.75, 3.05) is 0 Å². The van der Waals surface area contributed by atoms with Gasteiger partial charge in [0.25, 0.3) is 0 Å². The van der Waals surface area contributed by atoms with Crippen molar-refractivity contribution < 1.29 is 0 Å². The summed E-state index contributed by atoms with van der Waals surface area (Å²) in [5.74, 6) is 0. The molecule has 0 spiro atoms. The summed E-state index contributed by atoms with van der Waals surface area (Å²) >= 11 is 0. The minimum atomic E-state index is 0.957. The largest absolute Gasteiger partial charge is 0.273 e. The second-order valence-corrected chi connectivity index (χ2v) is 3.43. The lowest BCUT2D eigenvalue weighted by atomic mass is 10.3. The van der Waals surface area contributed by atoms with Gasteiger partial charge in [-0.05, 0) is 18.6 Å². The summed E-state index contributed by atoms with van der Waals surface area (Å²) in [4.78, 5) is 4.22. The van der Waals surface area contributed by atoms with Gasteiger partial charge in [0.15, 0.2) is 0 Å². The van der Waals surface area contributed by atoms with E-state index in [1.807, 2.05) is 32.4 Å². The Balaban J connectivity index is 0.000000293. The van der Waals surface area contributed by atoms with Crippen LogP contribution in [0.3, 0.4) is 0 Å². The van der Waals surface area contributed by atoms with E-state index in [2.05, 4.69) is 23.9 Å². The van der Waals surface area contributed by atoms with Gasteiger partial charge in [0, 0.05) is 13.2 Å². The molecule has 0 unspecified atom stereocenters. The third-order valence-corrected chi connectivity index (χ3v) is 1.61. The lowest BCUT2D eigenvalue weighted by molar-refractivity contribution is 0.779. The van der Waals surface area contributed by atoms with Gasteiger partial charge >= 0.3 is 0 Å². The number of fused-ring (bicyclic) bond motifs is 1. The van der Waals surface area contributed by atoms with E-state index >= 15 is 0 Å². The maximum absolute atomic E-state index is 4.23. The van der Waals surface area contributed by atoms with Gasteiger partial charge in [-0.2, -0.15) is 5.10 Å². The Kier molecular flexibility index (Phi) is 3.63. The first-order chi connectivity index (χ1) is 6.67. The van der Waals surface area contributed by atoms with Crippen molar-refractivity contribution in [3.63, 3.8) is 0 Å². The number of hydrogen-bond acceptors (Lipinski definition) is 2. The topological polar surface area (TPSA) is 30.7 Å². The van der Waals surface area contributed by atoms with Crippen LogP contribution >= 0.6 is 0 Å². The minimum Gasteiger partial charge on any atom is -0.273 e. The van der Waals surface area contributed by atoms with Crippen molar-refractivity contribution in [3.8, 4) is 0 Å². The van der Waals surface area contributed by atoms with E-state index in [-0.39, 0.29) is 0 Å². The maximum atomic E-state index is 4.23. The summed E-state index contributed by atoms with van der Waals surface area (Å²) in [6, 6.07) is 2.03. The Labute approximate surface area is 84.8 Å². The van der Waals surface area contributed by atoms with Crippen LogP contribution in [0.5, 0.6) is 0 Å². The van der Waals surface area contributed by atoms with E-state index in [0.717, 1.165) is 16.6 Å². The number of nitrogens with zero attached hydrogens (tertiary/aromatic N) is 3. The summed E-state index contributed by atoms with van der Waals surface area (Å²) in [6.45, 7) is 6.26. The number of hydrogen-bond donors (Lipinski definition) is 0. The molecular formula is C11H17N3. The zero-order chi connectivity index (χ0) is 10.6. The van der Waals surface area contributed by atoms with Gasteiger partial charge in [0.1, 0.15) is 11.0 Å². The lowest BCUT2D eigenvalue weighted by Gasteiger charge is -1.87. The molecule has 2 aromatic rings. The highest BCUT2D eigenvalue weighted by atomic mass is 15.2. The molecule has 0 fully saturated rings. The van der Waals surface area contributed by atoms with Gasteiger partial charge in [-0.15, -0.1) is 0 Å². The van der Waals surface area contributed by atoms with Crippen molar-refractivity contribution in [2.45, 2.75) is 27.2 Å². The molecule has 0 aliphatic carbocycles. The molecule has 2 rings (SSSR count). The molecule has 0 amide bonds. The van der Waals surface area contributed by atoms with Gasteiger partial charge in [-0.3, -0.25) is 9.67 Å². The number of rotatable bonds is 0. The molecule has 3 nitrogen and oxygen atoms in total. The van der Waals surface area contributed by atoms with Crippen LogP contribution in [0.1, 0.15) is 25.8 Å². The third-order valence-electron chi connectivity index (χ3n) is 1.61. The van der Waals surface area contributed by atoms with Crippen LogP contribution in [0.4, 0.5) is 0 Å². The van der Waals surface area contributed by atoms with E-state index in [9.17, 15) is 0 Å². The van der Waals surface area contributed by atoms with Gasteiger partial charge in [0.2, 0.25) is 0 Å². The SMILES string of the molecule is CCC.Cc1cnc2cn(C)nc2c1. The first kappa shape index (κ1) is 10.7. The molecule has 0 aliphatic rings. The molecule has 2 aromatic heterocycles. The van der Waals surface area contributed by atoms with Gasteiger partial charge in [-0.1, -0.05) is 20.3 Å². The van der Waals surface area contributed by atoms with E-state index in [1.165, 1.54) is 6.42 Å². The van der Waals surface area contributed by atoms with Crippen LogP contribution in [-0.4, -0.2) is 14.8 Å². The predicted octanol–water partition coefficient (Wildman–Crippen LogP) is 2.69. The fourth-order valence-electron chi connectivity index (χ4n) is 1.12. The highest BCUT2D eigenvalue weighted by Gasteiger charge is 1.97. The zero-order valence-electron chi connectivity index (χ0n) is 9.28. The normalized spacial score (nSPS) is 9.71. The van der Waals surface area contributed by atoms with Crippen LogP contribution in [-0.2, 0) is 7.05 Å². The van der Waals surface area contributed by atoms with E-state index < -0.39 is 0 Å². The summed E-state index contributed by atoms with van der Waals surface area (Å²) in [5, 5.41) is 4.23. The molecule has 0 bridgehead atoms. The Hall–Kier alpha value is -1.38. The first-order valence-electron chi connectivity index (χ1n) is 4.93. The van der Waals surface area contributed by atoms with Crippen LogP contribution < -0.4 is 0 Å². The Bertz CT molecular complexity index is 404. The molecule has 0 aliphatic heterocycles. The van der Waals surface area contributed by atoms with Crippen LogP contribution in [0.15, 0.2) is 18.5 Å². The molecule has 76 valence electrons. The highest BCUT2D eigenvalue weighted by Crippen LogP contribution is 2.08. The predicted molar refractivity (Wildman–Crippen MR) is 59.2 cm³/mol. The molecule has 2 heterocycles. The van der Waals surface area contributed by atoms with Gasteiger partial charge in [-0.25, -0.2) is 0 Å². The molecule has 3 heteroatoms. The molecule has 0 N–H and O–H groups in total. The van der Waals surface area contributed by atoms with Gasteiger partial charge in [0.05, 0.1) is 6.20 Å². The van der Waals surface area contributed by atoms with E-state index in [1.54, 1.807) is 4.68 Å². The molecule has 0 atom stereocenters. The molecule has 0 saturated heterocycles. The smallest absolute Gasteiger partial charge is 0.111 e. The second-order valence-electron chi connectivity index (χ2n) is 3.43. The van der Waals surface area contributed by atoms with Crippen molar-refractivity contribution in [3.05, 3.63) is 24.0 Å². The van der Waals surface area contributed by atoms with Gasteiger partial charge < -0.3 is 0 Å². The average Bonchev–Trinajstić information content (AvgIpc) is 2.45. The van der Waals surface area contributed by atoms with E-state index in [0.29, 0.717) is 0 Å². The number of aromatic nitrogens is 3. The number of pyridine rings is 1. The summed E-state index contributed by atoms with van der Waals surface area (Å²) in [6.07, 6.45) is 5.01. The summed E-state index contributed by atoms with van der Waals surface area (Å²) in [7, 11) is 1.90. The van der Waals surface area contributed by atoms with Crippen molar-refractivity contribution in [2.24, 2.45) is 7.05 Å². The summed E-state index contributed by atoms with van der Waals surface area (Å²) in [5.41, 5.74) is 3.07. The average molecular weight is 191 g/mol.